The Kier molecular flexibility index (Phi) is 11.4. The summed E-state index contributed by atoms with van der Waals surface area (Å²) in [4.78, 5) is 36.8. The van der Waals surface area contributed by atoms with E-state index in [2.05, 4.69) is 20.3 Å². The molecule has 0 radical (unpaired) electrons. The van der Waals surface area contributed by atoms with E-state index in [1.807, 2.05) is 12.1 Å². The fraction of sp³-hybridized carbons (Fsp3) is 0.206. The van der Waals surface area contributed by atoms with Gasteiger partial charge in [-0.05, 0) is 79.9 Å². The van der Waals surface area contributed by atoms with Crippen LogP contribution in [0.5, 0.6) is 0 Å². The van der Waals surface area contributed by atoms with Crippen LogP contribution in [-0.2, 0) is 19.3 Å². The first-order valence-electron chi connectivity index (χ1n) is 14.2. The summed E-state index contributed by atoms with van der Waals surface area (Å²) in [6, 6.07) is 17.4. The van der Waals surface area contributed by atoms with Gasteiger partial charge in [0.15, 0.2) is 17.2 Å². The highest BCUT2D eigenvalue weighted by Gasteiger charge is 2.20. The van der Waals surface area contributed by atoms with Gasteiger partial charge in [-0.1, -0.05) is 18.2 Å². The van der Waals surface area contributed by atoms with Crippen molar-refractivity contribution >= 4 is 28.4 Å². The van der Waals surface area contributed by atoms with E-state index in [0.717, 1.165) is 60.4 Å². The maximum Gasteiger partial charge on any atom is 0.174 e. The number of ketones is 2. The van der Waals surface area contributed by atoms with Crippen molar-refractivity contribution in [2.24, 2.45) is 0 Å². The molecule has 0 saturated heterocycles. The van der Waals surface area contributed by atoms with E-state index in [9.17, 15) is 27.2 Å². The molecule has 0 spiro atoms. The van der Waals surface area contributed by atoms with Crippen LogP contribution in [0.3, 0.4) is 0 Å². The summed E-state index contributed by atoms with van der Waals surface area (Å²) < 4.78 is 54.3. The van der Waals surface area contributed by atoms with Crippen molar-refractivity contribution in [3.8, 4) is 0 Å². The average Bonchev–Trinajstić information content (AvgIpc) is 3.01. The van der Waals surface area contributed by atoms with Crippen LogP contribution in [0.25, 0.3) is 11.0 Å². The van der Waals surface area contributed by atoms with Crippen molar-refractivity contribution in [1.29, 1.82) is 0 Å². The summed E-state index contributed by atoms with van der Waals surface area (Å²) in [6.07, 6.45) is 3.30. The number of benzene rings is 2. The molecule has 6 rings (SSSR count). The molecule has 4 heterocycles. The number of carbonyl (C=O) groups excluding carboxylic acids is 2. The Hall–Kier alpha value is -5.03. The van der Waals surface area contributed by atoms with Crippen molar-refractivity contribution in [1.82, 2.24) is 15.0 Å². The van der Waals surface area contributed by atoms with Crippen molar-refractivity contribution in [3.05, 3.63) is 130 Å². The molecule has 11 heteroatoms. The van der Waals surface area contributed by atoms with Crippen molar-refractivity contribution < 1.29 is 32.3 Å². The molecule has 2 aromatic carbocycles. The number of hydrogen-bond donors (Lipinski definition) is 2. The van der Waals surface area contributed by atoms with Gasteiger partial charge in [-0.15, -0.1) is 0 Å². The zero-order valence-electron chi connectivity index (χ0n) is 24.4. The van der Waals surface area contributed by atoms with E-state index in [1.165, 1.54) is 12.1 Å². The second-order valence-corrected chi connectivity index (χ2v) is 9.90. The monoisotopic (exact) mass is 618 g/mol. The SMILES string of the molecule is CCO.O=C(Cc1ccc2c(n1)NCCC2)c1c(F)cccc1F.O=C(Cc1ccc2cccnc2n1)c1c(F)cccc1F. The summed E-state index contributed by atoms with van der Waals surface area (Å²) in [5.41, 5.74) is 1.52. The molecule has 0 bridgehead atoms. The topological polar surface area (TPSA) is 105 Å². The predicted octanol–water partition coefficient (Wildman–Crippen LogP) is 6.48. The van der Waals surface area contributed by atoms with Crippen molar-refractivity contribution in [2.45, 2.75) is 32.6 Å². The Bertz CT molecular complexity index is 1780. The van der Waals surface area contributed by atoms with Crippen molar-refractivity contribution in [3.63, 3.8) is 0 Å². The Balaban J connectivity index is 0.000000189. The zero-order valence-corrected chi connectivity index (χ0v) is 24.4. The third-order valence-electron chi connectivity index (χ3n) is 6.64. The molecule has 45 heavy (non-hydrogen) atoms. The smallest absolute Gasteiger partial charge is 0.174 e. The number of rotatable bonds is 6. The lowest BCUT2D eigenvalue weighted by Gasteiger charge is -2.17. The molecular weight excluding hydrogens is 588 g/mol. The Morgan fingerprint density at radius 2 is 1.29 bits per heavy atom. The number of aryl methyl sites for hydroxylation is 1. The number of aliphatic hydroxyl groups excluding tert-OH is 1. The third kappa shape index (κ3) is 8.54. The average molecular weight is 619 g/mol. The minimum absolute atomic E-state index is 0.118. The number of nitrogens with zero attached hydrogens (tertiary/aromatic N) is 3. The van der Waals surface area contributed by atoms with E-state index >= 15 is 0 Å². The molecule has 1 aliphatic rings. The molecule has 0 aliphatic carbocycles. The molecule has 2 N–H and O–H groups in total. The van der Waals surface area contributed by atoms with Gasteiger partial charge in [0.05, 0.1) is 35.4 Å². The number of aliphatic hydroxyl groups is 1. The van der Waals surface area contributed by atoms with Crippen LogP contribution in [0.1, 0.15) is 51.0 Å². The molecule has 5 aromatic rings. The van der Waals surface area contributed by atoms with E-state index < -0.39 is 46.0 Å². The fourth-order valence-corrected chi connectivity index (χ4v) is 4.59. The van der Waals surface area contributed by atoms with Gasteiger partial charge in [0.25, 0.3) is 0 Å². The molecule has 1 aliphatic heterocycles. The van der Waals surface area contributed by atoms with Crippen LogP contribution in [0.2, 0.25) is 0 Å². The first kappa shape index (κ1) is 32.9. The predicted molar refractivity (Wildman–Crippen MR) is 162 cm³/mol. The van der Waals surface area contributed by atoms with E-state index in [1.54, 1.807) is 37.4 Å². The fourth-order valence-electron chi connectivity index (χ4n) is 4.59. The lowest BCUT2D eigenvalue weighted by molar-refractivity contribution is 0.0975. The Morgan fingerprint density at radius 1 is 0.756 bits per heavy atom. The summed E-state index contributed by atoms with van der Waals surface area (Å²) in [7, 11) is 0. The number of aromatic nitrogens is 3. The van der Waals surface area contributed by atoms with Gasteiger partial charge in [0, 0.05) is 24.7 Å². The number of fused-ring (bicyclic) bond motifs is 2. The number of Topliss-reactive ketones (excluding diaryl/α,β-unsaturated/α-hetero) is 2. The summed E-state index contributed by atoms with van der Waals surface area (Å²) in [5, 5.41) is 11.6. The summed E-state index contributed by atoms with van der Waals surface area (Å²) >= 11 is 0. The lowest BCUT2D eigenvalue weighted by atomic mass is 10.0. The van der Waals surface area contributed by atoms with Crippen molar-refractivity contribution in [2.75, 3.05) is 18.5 Å². The van der Waals surface area contributed by atoms with Crippen LogP contribution in [0.15, 0.2) is 79.0 Å². The number of nitrogens with one attached hydrogen (secondary N) is 1. The molecule has 0 fully saturated rings. The number of halogens is 4. The van der Waals surface area contributed by atoms with Crippen LogP contribution in [-0.4, -0.2) is 44.8 Å². The van der Waals surface area contributed by atoms with Gasteiger partial charge in [-0.25, -0.2) is 32.5 Å². The zero-order chi connectivity index (χ0) is 32.3. The van der Waals surface area contributed by atoms with Crippen LogP contribution in [0, 0.1) is 23.3 Å². The van der Waals surface area contributed by atoms with Gasteiger partial charge in [0.2, 0.25) is 0 Å². The van der Waals surface area contributed by atoms with Crippen LogP contribution >= 0.6 is 0 Å². The van der Waals surface area contributed by atoms with Gasteiger partial charge in [-0.2, -0.15) is 0 Å². The second-order valence-electron chi connectivity index (χ2n) is 9.90. The number of pyridine rings is 3. The number of carbonyl (C=O) groups is 2. The first-order valence-corrected chi connectivity index (χ1v) is 14.2. The van der Waals surface area contributed by atoms with Crippen LogP contribution < -0.4 is 5.32 Å². The highest BCUT2D eigenvalue weighted by Crippen LogP contribution is 2.21. The number of anilines is 1. The maximum absolute atomic E-state index is 13.6. The Morgan fingerprint density at radius 3 is 1.87 bits per heavy atom. The normalized spacial score (nSPS) is 11.7. The molecule has 232 valence electrons. The number of hydrogen-bond acceptors (Lipinski definition) is 7. The molecule has 3 aromatic heterocycles. The largest absolute Gasteiger partial charge is 0.397 e. The van der Waals surface area contributed by atoms with Crippen LogP contribution in [0.4, 0.5) is 23.4 Å². The minimum Gasteiger partial charge on any atom is -0.397 e. The quantitative estimate of drug-likeness (QED) is 0.166. The molecular formula is C34H30F4N4O3. The summed E-state index contributed by atoms with van der Waals surface area (Å²) in [5.74, 6) is -3.88. The van der Waals surface area contributed by atoms with Gasteiger partial charge in [-0.3, -0.25) is 9.59 Å². The Labute approximate surface area is 257 Å². The van der Waals surface area contributed by atoms with Gasteiger partial charge in [0.1, 0.15) is 29.1 Å². The molecule has 0 atom stereocenters. The molecule has 0 saturated carbocycles. The van der Waals surface area contributed by atoms with E-state index in [4.69, 9.17) is 5.11 Å². The minimum atomic E-state index is -0.862. The third-order valence-corrected chi connectivity index (χ3v) is 6.64. The maximum atomic E-state index is 13.6. The van der Waals surface area contributed by atoms with E-state index in [-0.39, 0.29) is 19.4 Å². The molecule has 7 nitrogen and oxygen atoms in total. The van der Waals surface area contributed by atoms with Gasteiger partial charge >= 0.3 is 0 Å². The standard InChI is InChI=1S/C16H14F2N2O.C16H10F2N2O.C2H6O/c2*17-12-4-1-5-13(18)15(12)14(21)9-11-7-6-10-3-2-8-19-16(10)20-11;1-2-3/h1,4-7H,2-3,8-9H2,(H,19,20);1-8H,9H2;3H,2H2,1H3. The summed E-state index contributed by atoms with van der Waals surface area (Å²) in [6.45, 7) is 2.78. The second kappa shape index (κ2) is 15.6. The first-order chi connectivity index (χ1) is 21.7. The van der Waals surface area contributed by atoms with E-state index in [0.29, 0.717) is 17.0 Å². The lowest BCUT2D eigenvalue weighted by Crippen LogP contribution is -2.15. The molecule has 0 amide bonds. The van der Waals surface area contributed by atoms with Gasteiger partial charge < -0.3 is 10.4 Å². The molecule has 0 unspecified atom stereocenters. The highest BCUT2D eigenvalue weighted by atomic mass is 19.1. The highest BCUT2D eigenvalue weighted by molar-refractivity contribution is 5.98.